The van der Waals surface area contributed by atoms with Gasteiger partial charge in [0.15, 0.2) is 0 Å². The van der Waals surface area contributed by atoms with Crippen LogP contribution >= 0.6 is 0 Å². The second-order valence-corrected chi connectivity index (χ2v) is 5.61. The van der Waals surface area contributed by atoms with Gasteiger partial charge in [0.2, 0.25) is 0 Å². The summed E-state index contributed by atoms with van der Waals surface area (Å²) in [4.78, 5) is 0. The fourth-order valence-corrected chi connectivity index (χ4v) is 2.46. The molecule has 0 radical (unpaired) electrons. The minimum atomic E-state index is 0.102. The summed E-state index contributed by atoms with van der Waals surface area (Å²) in [6.07, 6.45) is 0.925. The molecule has 0 saturated carbocycles. The van der Waals surface area contributed by atoms with E-state index in [2.05, 4.69) is 44.1 Å². The molecular weight excluding hydrogens is 210 g/mol. The van der Waals surface area contributed by atoms with Gasteiger partial charge in [0.05, 0.1) is 11.2 Å². The molecular formula is C14H21N3. The van der Waals surface area contributed by atoms with Gasteiger partial charge in [0.25, 0.3) is 0 Å². The zero-order valence-electron chi connectivity index (χ0n) is 11.1. The van der Waals surface area contributed by atoms with Crippen molar-refractivity contribution in [1.29, 1.82) is 0 Å². The standard InChI is InChI=1S/C14H21N3/c1-14(2,3)13-11-9-10(7-8-15)5-6-12(11)16-17(13)4/h5-6,9H,7-8,15H2,1-4H3. The maximum atomic E-state index is 5.61. The van der Waals surface area contributed by atoms with E-state index in [1.807, 2.05) is 11.7 Å². The number of aryl methyl sites for hydroxylation is 1. The van der Waals surface area contributed by atoms with Crippen molar-refractivity contribution >= 4 is 10.9 Å². The van der Waals surface area contributed by atoms with Gasteiger partial charge in [-0.2, -0.15) is 5.10 Å². The van der Waals surface area contributed by atoms with Crippen molar-refractivity contribution in [2.24, 2.45) is 12.8 Å². The van der Waals surface area contributed by atoms with E-state index < -0.39 is 0 Å². The Hall–Kier alpha value is -1.35. The molecule has 0 spiro atoms. The summed E-state index contributed by atoms with van der Waals surface area (Å²) in [5, 5.41) is 5.82. The average Bonchev–Trinajstić information content (AvgIpc) is 2.53. The van der Waals surface area contributed by atoms with Crippen LogP contribution in [0.25, 0.3) is 10.9 Å². The molecule has 0 aliphatic rings. The van der Waals surface area contributed by atoms with E-state index in [0.717, 1.165) is 11.9 Å². The summed E-state index contributed by atoms with van der Waals surface area (Å²) >= 11 is 0. The molecule has 0 unspecified atom stereocenters. The Labute approximate surface area is 103 Å². The number of hydrogen-bond donors (Lipinski definition) is 1. The molecule has 2 N–H and O–H groups in total. The molecule has 0 saturated heterocycles. The van der Waals surface area contributed by atoms with Crippen molar-refractivity contribution in [3.8, 4) is 0 Å². The first-order valence-electron chi connectivity index (χ1n) is 6.09. The SMILES string of the molecule is Cn1nc2ccc(CCN)cc2c1C(C)(C)C. The molecule has 3 nitrogen and oxygen atoms in total. The van der Waals surface area contributed by atoms with Gasteiger partial charge in [-0.15, -0.1) is 0 Å². The first-order valence-corrected chi connectivity index (χ1v) is 6.09. The van der Waals surface area contributed by atoms with Gasteiger partial charge in [-0.05, 0) is 30.7 Å². The lowest BCUT2D eigenvalue weighted by Crippen LogP contribution is -2.16. The van der Waals surface area contributed by atoms with Gasteiger partial charge in [-0.3, -0.25) is 4.68 Å². The van der Waals surface area contributed by atoms with Gasteiger partial charge < -0.3 is 5.73 Å². The van der Waals surface area contributed by atoms with Gasteiger partial charge in [0, 0.05) is 17.8 Å². The molecule has 0 aliphatic heterocycles. The Morgan fingerprint density at radius 1 is 1.29 bits per heavy atom. The second-order valence-electron chi connectivity index (χ2n) is 5.61. The number of nitrogens with two attached hydrogens (primary N) is 1. The van der Waals surface area contributed by atoms with Crippen molar-refractivity contribution in [2.45, 2.75) is 32.6 Å². The maximum absolute atomic E-state index is 5.61. The molecule has 92 valence electrons. The van der Waals surface area contributed by atoms with Crippen LogP contribution in [0.1, 0.15) is 32.0 Å². The van der Waals surface area contributed by atoms with Crippen molar-refractivity contribution in [3.05, 3.63) is 29.5 Å². The normalized spacial score (nSPS) is 12.3. The quantitative estimate of drug-likeness (QED) is 0.862. The van der Waals surface area contributed by atoms with E-state index in [-0.39, 0.29) is 5.41 Å². The maximum Gasteiger partial charge on any atom is 0.0926 e. The molecule has 17 heavy (non-hydrogen) atoms. The lowest BCUT2D eigenvalue weighted by molar-refractivity contribution is 0.528. The van der Waals surface area contributed by atoms with Crippen LogP contribution in [0.3, 0.4) is 0 Å². The van der Waals surface area contributed by atoms with E-state index >= 15 is 0 Å². The van der Waals surface area contributed by atoms with Crippen LogP contribution in [0.4, 0.5) is 0 Å². The van der Waals surface area contributed by atoms with Crippen LogP contribution in [-0.2, 0) is 18.9 Å². The van der Waals surface area contributed by atoms with Crippen LogP contribution in [0.2, 0.25) is 0 Å². The minimum Gasteiger partial charge on any atom is -0.330 e. The average molecular weight is 231 g/mol. The van der Waals surface area contributed by atoms with Crippen LogP contribution in [0.15, 0.2) is 18.2 Å². The molecule has 0 amide bonds. The third-order valence-electron chi connectivity index (χ3n) is 3.04. The summed E-state index contributed by atoms with van der Waals surface area (Å²) < 4.78 is 2.00. The van der Waals surface area contributed by atoms with Gasteiger partial charge in [-0.1, -0.05) is 26.8 Å². The number of benzene rings is 1. The summed E-state index contributed by atoms with van der Waals surface area (Å²) in [7, 11) is 2.02. The Balaban J connectivity index is 2.65. The highest BCUT2D eigenvalue weighted by atomic mass is 15.3. The number of hydrogen-bond acceptors (Lipinski definition) is 2. The van der Waals surface area contributed by atoms with Crippen LogP contribution < -0.4 is 5.73 Å². The summed E-state index contributed by atoms with van der Waals surface area (Å²) in [5.41, 5.74) is 9.36. The lowest BCUT2D eigenvalue weighted by Gasteiger charge is -2.19. The fraction of sp³-hybridized carbons (Fsp3) is 0.500. The number of nitrogens with zero attached hydrogens (tertiary/aromatic N) is 2. The fourth-order valence-electron chi connectivity index (χ4n) is 2.46. The molecule has 1 heterocycles. The molecule has 1 aromatic carbocycles. The molecule has 3 heteroatoms. The zero-order chi connectivity index (χ0) is 12.6. The molecule has 2 aromatic rings. The zero-order valence-corrected chi connectivity index (χ0v) is 11.1. The van der Waals surface area contributed by atoms with E-state index in [4.69, 9.17) is 5.73 Å². The Morgan fingerprint density at radius 3 is 2.59 bits per heavy atom. The molecule has 0 fully saturated rings. The second kappa shape index (κ2) is 4.15. The molecule has 0 atom stereocenters. The van der Waals surface area contributed by atoms with E-state index in [9.17, 15) is 0 Å². The van der Waals surface area contributed by atoms with Crippen LogP contribution in [-0.4, -0.2) is 16.3 Å². The van der Waals surface area contributed by atoms with E-state index in [1.165, 1.54) is 16.6 Å². The highest BCUT2D eigenvalue weighted by Crippen LogP contribution is 2.30. The van der Waals surface area contributed by atoms with Crippen molar-refractivity contribution in [2.75, 3.05) is 6.54 Å². The first-order chi connectivity index (χ1) is 7.93. The third-order valence-corrected chi connectivity index (χ3v) is 3.04. The van der Waals surface area contributed by atoms with Gasteiger partial charge in [0.1, 0.15) is 0 Å². The van der Waals surface area contributed by atoms with E-state index in [0.29, 0.717) is 6.54 Å². The molecule has 0 aliphatic carbocycles. The number of rotatable bonds is 2. The predicted molar refractivity (Wildman–Crippen MR) is 72.2 cm³/mol. The van der Waals surface area contributed by atoms with E-state index in [1.54, 1.807) is 0 Å². The summed E-state index contributed by atoms with van der Waals surface area (Å²) in [5.74, 6) is 0. The number of fused-ring (bicyclic) bond motifs is 1. The molecule has 2 rings (SSSR count). The van der Waals surface area contributed by atoms with Crippen LogP contribution in [0.5, 0.6) is 0 Å². The third kappa shape index (κ3) is 2.20. The minimum absolute atomic E-state index is 0.102. The van der Waals surface area contributed by atoms with Gasteiger partial charge >= 0.3 is 0 Å². The first kappa shape index (κ1) is 12.1. The highest BCUT2D eigenvalue weighted by molar-refractivity contribution is 5.83. The summed E-state index contributed by atoms with van der Waals surface area (Å²) in [6, 6.07) is 6.44. The molecule has 1 aromatic heterocycles. The Bertz CT molecular complexity index is 532. The molecule has 0 bridgehead atoms. The van der Waals surface area contributed by atoms with Crippen molar-refractivity contribution in [1.82, 2.24) is 9.78 Å². The van der Waals surface area contributed by atoms with Crippen molar-refractivity contribution in [3.63, 3.8) is 0 Å². The topological polar surface area (TPSA) is 43.8 Å². The van der Waals surface area contributed by atoms with Gasteiger partial charge in [-0.25, -0.2) is 0 Å². The Morgan fingerprint density at radius 2 is 2.00 bits per heavy atom. The number of aromatic nitrogens is 2. The summed E-state index contributed by atoms with van der Waals surface area (Å²) in [6.45, 7) is 7.35. The predicted octanol–water partition coefficient (Wildman–Crippen LogP) is 2.37. The Kier molecular flexibility index (Phi) is 2.96. The smallest absolute Gasteiger partial charge is 0.0926 e. The lowest BCUT2D eigenvalue weighted by atomic mass is 9.89. The van der Waals surface area contributed by atoms with Crippen molar-refractivity contribution < 1.29 is 0 Å². The van der Waals surface area contributed by atoms with Crippen LogP contribution in [0, 0.1) is 0 Å². The highest BCUT2D eigenvalue weighted by Gasteiger charge is 2.22. The monoisotopic (exact) mass is 231 g/mol. The largest absolute Gasteiger partial charge is 0.330 e.